The standard InChI is InChI=1S/C45H48O6/c46-43(37-25-19-34(20-26-37)31-11-4-1-5-12-31)49-40-17-10-18-41(50-44(47)38-27-21-35(22-28-38)32-13-6-2-7-14-32)42(40)51-45(48)39-29-23-36(24-30-39)33-15-8-3-9-16-33/h10,17-33H,1-9,11-16H2. The molecule has 264 valence electrons. The number of ether oxygens (including phenoxy) is 3. The summed E-state index contributed by atoms with van der Waals surface area (Å²) >= 11 is 0. The van der Waals surface area contributed by atoms with Gasteiger partial charge in [-0.1, -0.05) is 100 Å². The normalized spacial score (nSPS) is 17.4. The van der Waals surface area contributed by atoms with Gasteiger partial charge in [0.2, 0.25) is 5.75 Å². The molecule has 0 spiro atoms. The van der Waals surface area contributed by atoms with Crippen molar-refractivity contribution in [2.75, 3.05) is 0 Å². The highest BCUT2D eigenvalue weighted by atomic mass is 16.6. The van der Waals surface area contributed by atoms with Crippen molar-refractivity contribution >= 4 is 17.9 Å². The van der Waals surface area contributed by atoms with Crippen LogP contribution in [0.3, 0.4) is 0 Å². The molecule has 0 aromatic heterocycles. The van der Waals surface area contributed by atoms with Gasteiger partial charge in [0.25, 0.3) is 0 Å². The van der Waals surface area contributed by atoms with Crippen LogP contribution < -0.4 is 14.2 Å². The Morgan fingerprint density at radius 2 is 0.667 bits per heavy atom. The van der Waals surface area contributed by atoms with E-state index >= 15 is 0 Å². The van der Waals surface area contributed by atoms with Crippen LogP contribution in [-0.2, 0) is 0 Å². The molecule has 51 heavy (non-hydrogen) atoms. The number of carbonyl (C=O) groups excluding carboxylic acids is 3. The zero-order chi connectivity index (χ0) is 35.0. The Labute approximate surface area is 301 Å². The van der Waals surface area contributed by atoms with E-state index in [-0.39, 0.29) is 17.2 Å². The second kappa shape index (κ2) is 16.5. The van der Waals surface area contributed by atoms with Crippen LogP contribution in [-0.4, -0.2) is 17.9 Å². The second-order valence-electron chi connectivity index (χ2n) is 14.6. The van der Waals surface area contributed by atoms with Gasteiger partial charge in [0.15, 0.2) is 11.5 Å². The molecule has 0 amide bonds. The van der Waals surface area contributed by atoms with E-state index in [1.165, 1.54) is 74.5 Å². The molecule has 0 radical (unpaired) electrons. The minimum Gasteiger partial charge on any atom is -0.419 e. The highest BCUT2D eigenvalue weighted by Crippen LogP contribution is 2.40. The third kappa shape index (κ3) is 8.61. The van der Waals surface area contributed by atoms with Crippen LogP contribution in [0.5, 0.6) is 17.2 Å². The lowest BCUT2D eigenvalue weighted by molar-refractivity contribution is 0.0657. The molecule has 4 aromatic carbocycles. The molecule has 0 unspecified atom stereocenters. The lowest BCUT2D eigenvalue weighted by atomic mass is 9.84. The van der Waals surface area contributed by atoms with Crippen LogP contribution in [0.1, 0.15) is 162 Å². The molecule has 0 aliphatic heterocycles. The second-order valence-corrected chi connectivity index (χ2v) is 14.6. The van der Waals surface area contributed by atoms with Crippen molar-refractivity contribution in [3.8, 4) is 17.2 Å². The summed E-state index contributed by atoms with van der Waals surface area (Å²) in [5, 5.41) is 0. The predicted molar refractivity (Wildman–Crippen MR) is 198 cm³/mol. The van der Waals surface area contributed by atoms with Crippen molar-refractivity contribution in [3.05, 3.63) is 124 Å². The first-order valence-corrected chi connectivity index (χ1v) is 19.1. The van der Waals surface area contributed by atoms with Crippen molar-refractivity contribution in [2.45, 2.75) is 114 Å². The summed E-state index contributed by atoms with van der Waals surface area (Å²) < 4.78 is 17.6. The Balaban J connectivity index is 1.11. The Hall–Kier alpha value is -4.71. The monoisotopic (exact) mass is 684 g/mol. The topological polar surface area (TPSA) is 78.9 Å². The van der Waals surface area contributed by atoms with E-state index in [9.17, 15) is 14.4 Å². The SMILES string of the molecule is O=C(Oc1cccc(OC(=O)c2ccc(C3CCCCC3)cc2)c1OC(=O)c1ccc(C2CCCCC2)cc1)c1ccc(C2CCCCC2)cc1. The van der Waals surface area contributed by atoms with Crippen LogP contribution in [0, 0.1) is 0 Å². The van der Waals surface area contributed by atoms with E-state index < -0.39 is 17.9 Å². The average Bonchev–Trinajstić information content (AvgIpc) is 3.20. The number of esters is 3. The van der Waals surface area contributed by atoms with Gasteiger partial charge in [-0.2, -0.15) is 0 Å². The number of carbonyl (C=O) groups is 3. The molecule has 0 atom stereocenters. The van der Waals surface area contributed by atoms with Gasteiger partial charge in [0, 0.05) is 0 Å². The maximum absolute atomic E-state index is 13.6. The van der Waals surface area contributed by atoms with Crippen LogP contribution in [0.15, 0.2) is 91.0 Å². The van der Waals surface area contributed by atoms with Gasteiger partial charge in [0.05, 0.1) is 16.7 Å². The molecular formula is C45H48O6. The lowest BCUT2D eigenvalue weighted by Crippen LogP contribution is -2.15. The van der Waals surface area contributed by atoms with E-state index in [2.05, 4.69) is 0 Å². The molecular weight excluding hydrogens is 636 g/mol. The molecule has 7 rings (SSSR count). The zero-order valence-corrected chi connectivity index (χ0v) is 29.4. The Morgan fingerprint density at radius 1 is 0.373 bits per heavy atom. The van der Waals surface area contributed by atoms with Crippen molar-refractivity contribution in [1.29, 1.82) is 0 Å². The quantitative estimate of drug-likeness (QED) is 0.129. The number of para-hydroxylation sites is 1. The van der Waals surface area contributed by atoms with Gasteiger partial charge in [-0.25, -0.2) is 14.4 Å². The average molecular weight is 685 g/mol. The smallest absolute Gasteiger partial charge is 0.343 e. The third-order valence-electron chi connectivity index (χ3n) is 11.2. The zero-order valence-electron chi connectivity index (χ0n) is 29.4. The molecule has 0 bridgehead atoms. The minimum atomic E-state index is -0.639. The molecule has 3 saturated carbocycles. The molecule has 6 nitrogen and oxygen atoms in total. The van der Waals surface area contributed by atoms with Gasteiger partial charge < -0.3 is 14.2 Å². The molecule has 3 fully saturated rings. The van der Waals surface area contributed by atoms with E-state index in [1.807, 2.05) is 36.4 Å². The molecule has 3 aliphatic rings. The largest absolute Gasteiger partial charge is 0.419 e. The van der Waals surface area contributed by atoms with Crippen LogP contribution >= 0.6 is 0 Å². The maximum atomic E-state index is 13.6. The molecule has 4 aromatic rings. The van der Waals surface area contributed by atoms with Crippen LogP contribution in [0.2, 0.25) is 0 Å². The first kappa shape index (κ1) is 34.7. The number of hydrogen-bond acceptors (Lipinski definition) is 6. The number of benzene rings is 4. The molecule has 6 heteroatoms. The van der Waals surface area contributed by atoms with Gasteiger partial charge in [0.1, 0.15) is 0 Å². The van der Waals surface area contributed by atoms with Crippen molar-refractivity contribution < 1.29 is 28.6 Å². The molecule has 3 aliphatic carbocycles. The summed E-state index contributed by atoms with van der Waals surface area (Å²) in [5.74, 6) is -0.450. The fourth-order valence-corrected chi connectivity index (χ4v) is 8.21. The van der Waals surface area contributed by atoms with Crippen LogP contribution in [0.25, 0.3) is 0 Å². The van der Waals surface area contributed by atoms with E-state index in [0.717, 1.165) is 38.5 Å². The van der Waals surface area contributed by atoms with E-state index in [1.54, 1.807) is 54.6 Å². The Bertz CT molecular complexity index is 1700. The first-order valence-electron chi connectivity index (χ1n) is 19.1. The fraction of sp³-hybridized carbons (Fsp3) is 0.400. The first-order chi connectivity index (χ1) is 25.0. The molecule has 0 N–H and O–H groups in total. The van der Waals surface area contributed by atoms with Gasteiger partial charge in [-0.15, -0.1) is 0 Å². The van der Waals surface area contributed by atoms with Crippen molar-refractivity contribution in [3.63, 3.8) is 0 Å². The summed E-state index contributed by atoms with van der Waals surface area (Å²) in [6.45, 7) is 0. The Morgan fingerprint density at radius 3 is 0.980 bits per heavy atom. The number of rotatable bonds is 9. The fourth-order valence-electron chi connectivity index (χ4n) is 8.21. The van der Waals surface area contributed by atoms with Gasteiger partial charge in [-0.05, 0) is 121 Å². The predicted octanol–water partition coefficient (Wildman–Crippen LogP) is 11.5. The summed E-state index contributed by atoms with van der Waals surface area (Å²) in [4.78, 5) is 40.5. The highest BCUT2D eigenvalue weighted by Gasteiger charge is 2.25. The van der Waals surface area contributed by atoms with Gasteiger partial charge in [-0.3, -0.25) is 0 Å². The molecule has 0 heterocycles. The number of hydrogen-bond donors (Lipinski definition) is 0. The summed E-state index contributed by atoms with van der Waals surface area (Å²) in [7, 11) is 0. The molecule has 0 saturated heterocycles. The van der Waals surface area contributed by atoms with Gasteiger partial charge >= 0.3 is 17.9 Å². The lowest BCUT2D eigenvalue weighted by Gasteiger charge is -2.22. The third-order valence-corrected chi connectivity index (χ3v) is 11.2. The summed E-state index contributed by atoms with van der Waals surface area (Å²) in [6.07, 6.45) is 18.2. The summed E-state index contributed by atoms with van der Waals surface area (Å²) in [6, 6.07) is 27.4. The minimum absolute atomic E-state index is 0.0125. The van der Waals surface area contributed by atoms with Crippen molar-refractivity contribution in [2.24, 2.45) is 0 Å². The van der Waals surface area contributed by atoms with Crippen molar-refractivity contribution in [1.82, 2.24) is 0 Å². The van der Waals surface area contributed by atoms with E-state index in [4.69, 9.17) is 14.2 Å². The van der Waals surface area contributed by atoms with Crippen LogP contribution in [0.4, 0.5) is 0 Å². The van der Waals surface area contributed by atoms with E-state index in [0.29, 0.717) is 34.4 Å². The Kier molecular flexibility index (Phi) is 11.3. The highest BCUT2D eigenvalue weighted by molar-refractivity contribution is 5.95. The maximum Gasteiger partial charge on any atom is 0.343 e. The summed E-state index contributed by atoms with van der Waals surface area (Å²) in [5.41, 5.74) is 4.80.